The first kappa shape index (κ1) is 6.92. The first-order valence-electron chi connectivity index (χ1n) is 2.36. The Bertz CT molecular complexity index is 37.1. The van der Waals surface area contributed by atoms with Gasteiger partial charge in [0.25, 0.3) is 0 Å². The third-order valence-electron chi connectivity index (χ3n) is 0.796. The zero-order chi connectivity index (χ0) is 5.70. The number of hydrogen-bond acceptors (Lipinski definition) is 2. The lowest BCUT2D eigenvalue weighted by molar-refractivity contribution is 0.233. The van der Waals surface area contributed by atoms with Gasteiger partial charge in [-0.05, 0) is 12.3 Å². The van der Waals surface area contributed by atoms with Gasteiger partial charge in [0.15, 0.2) is 0 Å². The summed E-state index contributed by atoms with van der Waals surface area (Å²) in [6.07, 6.45) is 1.65. The maximum absolute atomic E-state index is 8.32. The highest BCUT2D eigenvalue weighted by Gasteiger charge is 1.95. The predicted molar refractivity (Wildman–Crippen MR) is 27.6 cm³/mol. The molecule has 0 saturated carbocycles. The second-order valence-corrected chi connectivity index (χ2v) is 1.58. The lowest BCUT2D eigenvalue weighted by Crippen LogP contribution is -2.03. The molecule has 0 aliphatic rings. The lowest BCUT2D eigenvalue weighted by atomic mass is 10.1. The van der Waals surface area contributed by atoms with Gasteiger partial charge in [0.05, 0.1) is 0 Å². The summed E-state index contributed by atoms with van der Waals surface area (Å²) in [6, 6.07) is 0. The molecule has 2 N–H and O–H groups in total. The molecule has 0 aromatic carbocycles. The monoisotopic (exact) mass is 103 g/mol. The number of hydrogen-bond donors (Lipinski definition) is 2. The first-order valence-corrected chi connectivity index (χ1v) is 2.36. The minimum absolute atomic E-state index is 0.0573. The van der Waals surface area contributed by atoms with E-state index in [1.807, 2.05) is 6.92 Å². The van der Waals surface area contributed by atoms with Crippen LogP contribution in [0.15, 0.2) is 0 Å². The molecule has 0 aliphatic heterocycles. The molecule has 0 heterocycles. The van der Waals surface area contributed by atoms with Gasteiger partial charge < -0.3 is 10.2 Å². The van der Waals surface area contributed by atoms with Gasteiger partial charge in [0, 0.05) is 13.2 Å². The molecular formula is C5H11O2. The van der Waals surface area contributed by atoms with Crippen molar-refractivity contribution in [2.45, 2.75) is 6.92 Å². The molecule has 0 aromatic heterocycles. The van der Waals surface area contributed by atoms with Crippen LogP contribution in [-0.4, -0.2) is 23.4 Å². The van der Waals surface area contributed by atoms with Crippen LogP contribution in [-0.2, 0) is 0 Å². The van der Waals surface area contributed by atoms with Crippen molar-refractivity contribution >= 4 is 0 Å². The lowest BCUT2D eigenvalue weighted by Gasteiger charge is -2.00. The van der Waals surface area contributed by atoms with Crippen molar-refractivity contribution in [1.82, 2.24) is 0 Å². The van der Waals surface area contributed by atoms with Crippen molar-refractivity contribution in [3.63, 3.8) is 0 Å². The molecule has 0 bridgehead atoms. The largest absolute Gasteiger partial charge is 0.396 e. The van der Waals surface area contributed by atoms with Crippen molar-refractivity contribution in [3.05, 3.63) is 6.42 Å². The van der Waals surface area contributed by atoms with Crippen LogP contribution in [0.1, 0.15) is 6.92 Å². The molecule has 1 atom stereocenters. The van der Waals surface area contributed by atoms with E-state index in [1.165, 1.54) is 0 Å². The van der Waals surface area contributed by atoms with E-state index in [-0.39, 0.29) is 19.1 Å². The topological polar surface area (TPSA) is 40.5 Å². The van der Waals surface area contributed by atoms with E-state index >= 15 is 0 Å². The summed E-state index contributed by atoms with van der Waals surface area (Å²) in [6.45, 7) is 2.03. The number of aliphatic hydroxyl groups is 2. The molecular weight excluding hydrogens is 92.1 g/mol. The highest BCUT2D eigenvalue weighted by Crippen LogP contribution is 1.94. The molecule has 0 fully saturated rings. The summed E-state index contributed by atoms with van der Waals surface area (Å²) in [5.41, 5.74) is 0. The van der Waals surface area contributed by atoms with Gasteiger partial charge >= 0.3 is 0 Å². The molecule has 0 amide bonds. The molecule has 0 aromatic rings. The van der Waals surface area contributed by atoms with Gasteiger partial charge in [-0.3, -0.25) is 0 Å². The highest BCUT2D eigenvalue weighted by molar-refractivity contribution is 4.68. The minimum Gasteiger partial charge on any atom is -0.396 e. The Morgan fingerprint density at radius 2 is 2.14 bits per heavy atom. The normalized spacial score (nSPS) is 14.1. The fraction of sp³-hybridized carbons (Fsp3) is 0.800. The second-order valence-electron chi connectivity index (χ2n) is 1.58. The summed E-state index contributed by atoms with van der Waals surface area (Å²) >= 11 is 0. The van der Waals surface area contributed by atoms with Crippen LogP contribution in [0.4, 0.5) is 0 Å². The minimum atomic E-state index is 0.0573. The van der Waals surface area contributed by atoms with Gasteiger partial charge in [-0.25, -0.2) is 0 Å². The average Bonchev–Trinajstić information content (AvgIpc) is 1.68. The fourth-order valence-electron chi connectivity index (χ4n) is 0.254. The van der Waals surface area contributed by atoms with Crippen LogP contribution in [0.2, 0.25) is 0 Å². The summed E-state index contributed by atoms with van der Waals surface area (Å²) < 4.78 is 0. The molecule has 7 heavy (non-hydrogen) atoms. The third-order valence-corrected chi connectivity index (χ3v) is 0.796. The van der Waals surface area contributed by atoms with Crippen LogP contribution in [0, 0.1) is 12.3 Å². The van der Waals surface area contributed by atoms with Gasteiger partial charge in [0.1, 0.15) is 0 Å². The van der Waals surface area contributed by atoms with E-state index in [0.29, 0.717) is 0 Å². The van der Waals surface area contributed by atoms with E-state index in [0.717, 1.165) is 0 Å². The third kappa shape index (κ3) is 3.76. The molecule has 1 radical (unpaired) electrons. The fourth-order valence-corrected chi connectivity index (χ4v) is 0.254. The van der Waals surface area contributed by atoms with Crippen molar-refractivity contribution in [1.29, 1.82) is 0 Å². The SMILES string of the molecule is C[C@@H]([CH]CO)CO. The Kier molecular flexibility index (Phi) is 4.04. The van der Waals surface area contributed by atoms with Gasteiger partial charge in [-0.1, -0.05) is 6.92 Å². The van der Waals surface area contributed by atoms with Crippen molar-refractivity contribution < 1.29 is 10.2 Å². The van der Waals surface area contributed by atoms with Crippen molar-refractivity contribution in [2.24, 2.45) is 5.92 Å². The smallest absolute Gasteiger partial charge is 0.0466 e. The predicted octanol–water partition coefficient (Wildman–Crippen LogP) is -0.189. The summed E-state index contributed by atoms with van der Waals surface area (Å²) in [5.74, 6) is 0.130. The summed E-state index contributed by atoms with van der Waals surface area (Å²) in [7, 11) is 0. The van der Waals surface area contributed by atoms with Gasteiger partial charge in [-0.2, -0.15) is 0 Å². The zero-order valence-electron chi connectivity index (χ0n) is 4.46. The summed E-state index contributed by atoms with van der Waals surface area (Å²) in [5, 5.41) is 16.5. The van der Waals surface area contributed by atoms with E-state index < -0.39 is 0 Å². The van der Waals surface area contributed by atoms with Gasteiger partial charge in [0.2, 0.25) is 0 Å². The second kappa shape index (κ2) is 4.09. The van der Waals surface area contributed by atoms with Crippen LogP contribution in [0.3, 0.4) is 0 Å². The van der Waals surface area contributed by atoms with Crippen LogP contribution >= 0.6 is 0 Å². The standard InChI is InChI=1S/C5H11O2/c1-5(4-7)2-3-6/h2,5-7H,3-4H2,1H3/t5-/m0/s1. The Hall–Kier alpha value is -0.0800. The van der Waals surface area contributed by atoms with Gasteiger partial charge in [-0.15, -0.1) is 0 Å². The van der Waals surface area contributed by atoms with E-state index in [9.17, 15) is 0 Å². The van der Waals surface area contributed by atoms with Crippen LogP contribution in [0.5, 0.6) is 0 Å². The van der Waals surface area contributed by atoms with E-state index in [2.05, 4.69) is 0 Å². The van der Waals surface area contributed by atoms with Crippen LogP contribution < -0.4 is 0 Å². The number of rotatable bonds is 3. The maximum atomic E-state index is 8.32. The molecule has 43 valence electrons. The Labute approximate surface area is 43.8 Å². The summed E-state index contributed by atoms with van der Waals surface area (Å²) in [4.78, 5) is 0. The zero-order valence-corrected chi connectivity index (χ0v) is 4.46. The first-order chi connectivity index (χ1) is 3.31. The molecule has 0 unspecified atom stereocenters. The molecule has 0 aliphatic carbocycles. The molecule has 0 spiro atoms. The maximum Gasteiger partial charge on any atom is 0.0466 e. The Morgan fingerprint density at radius 3 is 2.29 bits per heavy atom. The van der Waals surface area contributed by atoms with E-state index in [1.54, 1.807) is 6.42 Å². The Morgan fingerprint density at radius 1 is 1.57 bits per heavy atom. The Balaban J connectivity index is 2.83. The van der Waals surface area contributed by atoms with Crippen molar-refractivity contribution in [3.8, 4) is 0 Å². The molecule has 2 heteroatoms. The average molecular weight is 103 g/mol. The highest BCUT2D eigenvalue weighted by atomic mass is 16.3. The number of aliphatic hydroxyl groups excluding tert-OH is 2. The van der Waals surface area contributed by atoms with E-state index in [4.69, 9.17) is 10.2 Å². The molecule has 0 saturated heterocycles. The molecule has 0 rings (SSSR count). The quantitative estimate of drug-likeness (QED) is 0.520. The van der Waals surface area contributed by atoms with Crippen LogP contribution in [0.25, 0.3) is 0 Å². The molecule has 2 nitrogen and oxygen atoms in total. The van der Waals surface area contributed by atoms with Crippen molar-refractivity contribution in [2.75, 3.05) is 13.2 Å².